The van der Waals surface area contributed by atoms with Gasteiger partial charge >= 0.3 is 0 Å². The van der Waals surface area contributed by atoms with Gasteiger partial charge in [-0.1, -0.05) is 38.7 Å². The van der Waals surface area contributed by atoms with E-state index in [1.54, 1.807) is 31.2 Å². The van der Waals surface area contributed by atoms with Crippen LogP contribution in [-0.2, 0) is 4.79 Å². The highest BCUT2D eigenvalue weighted by Gasteiger charge is 1.80. The van der Waals surface area contributed by atoms with Crippen LogP contribution in [0.2, 0.25) is 0 Å². The van der Waals surface area contributed by atoms with Crippen molar-refractivity contribution in [2.45, 2.75) is 20.8 Å². The summed E-state index contributed by atoms with van der Waals surface area (Å²) in [6.07, 6.45) is 8.16. The summed E-state index contributed by atoms with van der Waals surface area (Å²) in [4.78, 5) is 13.1. The van der Waals surface area contributed by atoms with E-state index >= 15 is 0 Å². The van der Waals surface area contributed by atoms with Gasteiger partial charge in [-0.15, -0.1) is 0 Å². The lowest BCUT2D eigenvalue weighted by atomic mass is 10.4. The molecule has 0 spiro atoms. The van der Waals surface area contributed by atoms with E-state index in [0.717, 1.165) is 0 Å². The van der Waals surface area contributed by atoms with Gasteiger partial charge in [-0.25, -0.2) is 4.79 Å². The van der Waals surface area contributed by atoms with E-state index in [1.165, 1.54) is 6.08 Å². The second kappa shape index (κ2) is 12.3. The zero-order valence-corrected chi connectivity index (χ0v) is 7.87. The molecule has 0 aromatic heterocycles. The predicted molar refractivity (Wildman–Crippen MR) is 52.6 cm³/mol. The summed E-state index contributed by atoms with van der Waals surface area (Å²) in [6.45, 7) is 9.27. The highest BCUT2D eigenvalue weighted by molar-refractivity contribution is 5.39. The Kier molecular flexibility index (Phi) is 13.5. The fourth-order valence-electron chi connectivity index (χ4n) is 0.417. The van der Waals surface area contributed by atoms with Crippen LogP contribution in [0, 0.1) is 0 Å². The van der Waals surface area contributed by atoms with Crippen LogP contribution in [0.4, 0.5) is 0 Å². The Hall–Kier alpha value is -1.40. The van der Waals surface area contributed by atoms with Crippen molar-refractivity contribution < 1.29 is 4.79 Å². The summed E-state index contributed by atoms with van der Waals surface area (Å²) >= 11 is 0. The van der Waals surface area contributed by atoms with Crippen LogP contribution < -0.4 is 0 Å². The number of isocyanates is 1. The Morgan fingerprint density at radius 2 is 2.08 bits per heavy atom. The van der Waals surface area contributed by atoms with E-state index in [-0.39, 0.29) is 0 Å². The van der Waals surface area contributed by atoms with Gasteiger partial charge in [-0.05, 0) is 13.0 Å². The average molecular weight is 165 g/mol. The number of nitrogens with zero attached hydrogens (tertiary/aromatic N) is 1. The first-order valence-electron chi connectivity index (χ1n) is 3.88. The molecular weight excluding hydrogens is 150 g/mol. The zero-order valence-electron chi connectivity index (χ0n) is 7.87. The molecule has 0 aromatic rings. The molecular formula is C10H15NO. The Labute approximate surface area is 74.0 Å². The SMILES string of the molecule is C=C/C=C\C(=C/C)N=C=O.CC. The van der Waals surface area contributed by atoms with Crippen LogP contribution in [0.3, 0.4) is 0 Å². The average Bonchev–Trinajstić information content (AvgIpc) is 2.15. The van der Waals surface area contributed by atoms with E-state index in [2.05, 4.69) is 11.6 Å². The topological polar surface area (TPSA) is 29.4 Å². The van der Waals surface area contributed by atoms with Crippen LogP contribution in [-0.4, -0.2) is 6.08 Å². The number of carbonyl (C=O) groups excluding carboxylic acids is 1. The van der Waals surface area contributed by atoms with Crippen LogP contribution in [0.1, 0.15) is 20.8 Å². The Balaban J connectivity index is 0. The van der Waals surface area contributed by atoms with Gasteiger partial charge < -0.3 is 0 Å². The summed E-state index contributed by atoms with van der Waals surface area (Å²) in [5.41, 5.74) is 0.593. The summed E-state index contributed by atoms with van der Waals surface area (Å²) in [6, 6.07) is 0. The van der Waals surface area contributed by atoms with Crippen molar-refractivity contribution in [3.05, 3.63) is 36.6 Å². The molecule has 0 heterocycles. The molecule has 2 nitrogen and oxygen atoms in total. The number of aliphatic imine (C=N–C) groups is 1. The third-order valence-corrected chi connectivity index (χ3v) is 0.874. The van der Waals surface area contributed by atoms with Crippen molar-refractivity contribution in [3.63, 3.8) is 0 Å². The van der Waals surface area contributed by atoms with Crippen molar-refractivity contribution in [2.24, 2.45) is 4.99 Å². The molecule has 0 radical (unpaired) electrons. The molecule has 0 aromatic carbocycles. The number of allylic oxidation sites excluding steroid dienone is 4. The quantitative estimate of drug-likeness (QED) is 0.359. The van der Waals surface area contributed by atoms with E-state index in [9.17, 15) is 4.79 Å². The van der Waals surface area contributed by atoms with Crippen molar-refractivity contribution in [1.29, 1.82) is 0 Å². The van der Waals surface area contributed by atoms with E-state index in [1.807, 2.05) is 13.8 Å². The van der Waals surface area contributed by atoms with Crippen molar-refractivity contribution in [1.82, 2.24) is 0 Å². The Morgan fingerprint density at radius 1 is 1.50 bits per heavy atom. The Bertz CT molecular complexity index is 208. The van der Waals surface area contributed by atoms with Crippen LogP contribution in [0.5, 0.6) is 0 Å². The smallest absolute Gasteiger partial charge is 0.211 e. The summed E-state index contributed by atoms with van der Waals surface area (Å²) in [5.74, 6) is 0. The van der Waals surface area contributed by atoms with Crippen LogP contribution >= 0.6 is 0 Å². The molecule has 66 valence electrons. The lowest BCUT2D eigenvalue weighted by molar-refractivity contribution is 0.565. The standard InChI is InChI=1S/C8H9NO.C2H6/c1-3-5-6-8(4-2)9-7-10;1-2/h3-6H,1H2,2H3;1-2H3/b6-5-,8-4+;. The highest BCUT2D eigenvalue weighted by atomic mass is 16.1. The number of rotatable bonds is 3. The van der Waals surface area contributed by atoms with Crippen LogP contribution in [0.15, 0.2) is 41.6 Å². The first kappa shape index (κ1) is 13.2. The largest absolute Gasteiger partial charge is 0.240 e. The van der Waals surface area contributed by atoms with Gasteiger partial charge in [-0.2, -0.15) is 4.99 Å². The lowest BCUT2D eigenvalue weighted by Crippen LogP contribution is -1.67. The third-order valence-electron chi connectivity index (χ3n) is 0.874. The fourth-order valence-corrected chi connectivity index (χ4v) is 0.417. The first-order chi connectivity index (χ1) is 5.85. The van der Waals surface area contributed by atoms with Gasteiger partial charge in [0, 0.05) is 0 Å². The molecule has 0 aliphatic rings. The Morgan fingerprint density at radius 3 is 2.42 bits per heavy atom. The van der Waals surface area contributed by atoms with E-state index in [4.69, 9.17) is 0 Å². The molecule has 0 rings (SSSR count). The molecule has 0 amide bonds. The molecule has 0 saturated heterocycles. The van der Waals surface area contributed by atoms with Gasteiger partial charge in [0.15, 0.2) is 0 Å². The van der Waals surface area contributed by atoms with Gasteiger partial charge in [0.25, 0.3) is 0 Å². The second-order valence-corrected chi connectivity index (χ2v) is 1.51. The van der Waals surface area contributed by atoms with E-state index < -0.39 is 0 Å². The second-order valence-electron chi connectivity index (χ2n) is 1.51. The van der Waals surface area contributed by atoms with Gasteiger partial charge in [0.2, 0.25) is 6.08 Å². The first-order valence-corrected chi connectivity index (χ1v) is 3.88. The lowest BCUT2D eigenvalue weighted by Gasteiger charge is -1.82. The molecule has 0 saturated carbocycles. The molecule has 0 unspecified atom stereocenters. The van der Waals surface area contributed by atoms with Crippen molar-refractivity contribution >= 4 is 6.08 Å². The molecule has 0 bridgehead atoms. The minimum absolute atomic E-state index is 0.593. The maximum atomic E-state index is 9.75. The normalized spacial score (nSPS) is 9.75. The molecule has 0 atom stereocenters. The number of hydrogen-bond acceptors (Lipinski definition) is 2. The summed E-state index contributed by atoms with van der Waals surface area (Å²) in [7, 11) is 0. The summed E-state index contributed by atoms with van der Waals surface area (Å²) < 4.78 is 0. The third kappa shape index (κ3) is 8.60. The van der Waals surface area contributed by atoms with Gasteiger partial charge in [0.05, 0.1) is 5.70 Å². The summed E-state index contributed by atoms with van der Waals surface area (Å²) in [5, 5.41) is 0. The maximum Gasteiger partial charge on any atom is 0.240 e. The monoisotopic (exact) mass is 165 g/mol. The van der Waals surface area contributed by atoms with Gasteiger partial charge in [0.1, 0.15) is 0 Å². The maximum absolute atomic E-state index is 9.75. The van der Waals surface area contributed by atoms with Gasteiger partial charge in [-0.3, -0.25) is 0 Å². The highest BCUT2D eigenvalue weighted by Crippen LogP contribution is 1.96. The van der Waals surface area contributed by atoms with Crippen LogP contribution in [0.25, 0.3) is 0 Å². The fraction of sp³-hybridized carbons (Fsp3) is 0.300. The minimum Gasteiger partial charge on any atom is -0.211 e. The molecule has 0 aliphatic carbocycles. The molecule has 0 N–H and O–H groups in total. The molecule has 0 aliphatic heterocycles. The van der Waals surface area contributed by atoms with E-state index in [0.29, 0.717) is 5.70 Å². The number of hydrogen-bond donors (Lipinski definition) is 0. The molecule has 2 heteroatoms. The minimum atomic E-state index is 0.593. The predicted octanol–water partition coefficient (Wildman–Crippen LogP) is 2.99. The molecule has 12 heavy (non-hydrogen) atoms. The van der Waals surface area contributed by atoms with Crippen molar-refractivity contribution in [2.75, 3.05) is 0 Å². The molecule has 0 fully saturated rings. The van der Waals surface area contributed by atoms with Crippen molar-refractivity contribution in [3.8, 4) is 0 Å². The zero-order chi connectivity index (χ0) is 9.82.